The van der Waals surface area contributed by atoms with E-state index in [2.05, 4.69) is 20.4 Å². The number of hydrogen-bond donors (Lipinski definition) is 4. The molecule has 32 heavy (non-hydrogen) atoms. The van der Waals surface area contributed by atoms with Crippen molar-refractivity contribution in [2.24, 2.45) is 5.73 Å². The second-order valence-electron chi connectivity index (χ2n) is 7.14. The summed E-state index contributed by atoms with van der Waals surface area (Å²) in [6.07, 6.45) is 2.00. The number of primary amides is 1. The van der Waals surface area contributed by atoms with E-state index < -0.39 is 30.6 Å². The lowest BCUT2D eigenvalue weighted by atomic mass is 10.0. The van der Waals surface area contributed by atoms with Gasteiger partial charge >= 0.3 is 12.6 Å². The van der Waals surface area contributed by atoms with Crippen molar-refractivity contribution in [3.05, 3.63) is 59.8 Å². The number of fused-ring (bicyclic) bond motifs is 1. The van der Waals surface area contributed by atoms with E-state index in [0.717, 1.165) is 16.5 Å². The fourth-order valence-electron chi connectivity index (χ4n) is 3.45. The van der Waals surface area contributed by atoms with Crippen molar-refractivity contribution in [1.82, 2.24) is 15.6 Å². The summed E-state index contributed by atoms with van der Waals surface area (Å²) in [7, 11) is 1.33. The molecular weight excluding hydrogens is 422 g/mol. The minimum absolute atomic E-state index is 0.106. The van der Waals surface area contributed by atoms with Crippen molar-refractivity contribution in [2.75, 3.05) is 7.11 Å². The van der Waals surface area contributed by atoms with Gasteiger partial charge in [0.05, 0.1) is 13.2 Å². The van der Waals surface area contributed by atoms with Crippen LogP contribution in [0.15, 0.2) is 48.7 Å². The topological polar surface area (TPSA) is 118 Å². The van der Waals surface area contributed by atoms with E-state index >= 15 is 0 Å². The number of ether oxygens (including phenoxy) is 2. The standard InChI is InChI=1S/C22H24F2N4O4/c1-12(13-7-8-18(32-21(23)24)19(10-13)31-2)27-20(29)17(28-22(25)30)9-14-11-26-16-6-4-3-5-15(14)16/h3-8,10-12,17,21,26H,9H2,1-2H3,(H,27,29)(H3,25,28,30). The molecule has 0 spiro atoms. The highest BCUT2D eigenvalue weighted by atomic mass is 19.3. The summed E-state index contributed by atoms with van der Waals surface area (Å²) in [5.41, 5.74) is 7.63. The van der Waals surface area contributed by atoms with Crippen LogP contribution >= 0.6 is 0 Å². The van der Waals surface area contributed by atoms with Gasteiger partial charge in [0.1, 0.15) is 6.04 Å². The van der Waals surface area contributed by atoms with Gasteiger partial charge in [-0.05, 0) is 36.2 Å². The summed E-state index contributed by atoms with van der Waals surface area (Å²) in [4.78, 5) is 27.6. The normalized spacial score (nSPS) is 12.9. The molecule has 3 aromatic rings. The maximum atomic E-state index is 12.9. The molecule has 170 valence electrons. The number of amides is 3. The molecular formula is C22H24F2N4O4. The van der Waals surface area contributed by atoms with Crippen LogP contribution in [0.5, 0.6) is 11.5 Å². The number of rotatable bonds is 9. The Morgan fingerprint density at radius 2 is 1.88 bits per heavy atom. The van der Waals surface area contributed by atoms with Crippen LogP contribution in [-0.2, 0) is 11.2 Å². The van der Waals surface area contributed by atoms with Gasteiger partial charge in [-0.3, -0.25) is 4.79 Å². The highest BCUT2D eigenvalue weighted by Gasteiger charge is 2.24. The first-order valence-corrected chi connectivity index (χ1v) is 9.82. The van der Waals surface area contributed by atoms with Crippen LogP contribution in [-0.4, -0.2) is 36.7 Å². The van der Waals surface area contributed by atoms with Gasteiger partial charge in [-0.15, -0.1) is 0 Å². The van der Waals surface area contributed by atoms with Crippen LogP contribution in [0.2, 0.25) is 0 Å². The minimum Gasteiger partial charge on any atom is -0.493 e. The highest BCUT2D eigenvalue weighted by molar-refractivity contribution is 5.89. The number of aromatic amines is 1. The Hall–Kier alpha value is -3.82. The van der Waals surface area contributed by atoms with Gasteiger partial charge in [-0.2, -0.15) is 8.78 Å². The van der Waals surface area contributed by atoms with Gasteiger partial charge in [0.15, 0.2) is 11.5 Å². The van der Waals surface area contributed by atoms with E-state index in [9.17, 15) is 18.4 Å². The number of H-pyrrole nitrogens is 1. The maximum absolute atomic E-state index is 12.9. The largest absolute Gasteiger partial charge is 0.493 e. The maximum Gasteiger partial charge on any atom is 0.387 e. The van der Waals surface area contributed by atoms with Crippen molar-refractivity contribution in [1.29, 1.82) is 0 Å². The summed E-state index contributed by atoms with van der Waals surface area (Å²) in [5.74, 6) is -0.458. The first kappa shape index (κ1) is 22.9. The zero-order valence-corrected chi connectivity index (χ0v) is 17.5. The predicted molar refractivity (Wildman–Crippen MR) is 115 cm³/mol. The smallest absolute Gasteiger partial charge is 0.387 e. The number of aromatic nitrogens is 1. The molecule has 0 aliphatic rings. The molecule has 2 aromatic carbocycles. The van der Waals surface area contributed by atoms with Crippen LogP contribution in [0.3, 0.4) is 0 Å². The summed E-state index contributed by atoms with van der Waals surface area (Å²) >= 11 is 0. The average molecular weight is 446 g/mol. The minimum atomic E-state index is -2.99. The predicted octanol–water partition coefficient (Wildman–Crippen LogP) is 3.23. The van der Waals surface area contributed by atoms with Crippen molar-refractivity contribution in [3.8, 4) is 11.5 Å². The molecule has 0 aliphatic heterocycles. The average Bonchev–Trinajstić information content (AvgIpc) is 3.15. The Morgan fingerprint density at radius 1 is 1.12 bits per heavy atom. The number of para-hydroxylation sites is 1. The lowest BCUT2D eigenvalue weighted by Crippen LogP contribution is -2.50. The summed E-state index contributed by atoms with van der Waals surface area (Å²) in [6.45, 7) is -1.27. The van der Waals surface area contributed by atoms with Crippen molar-refractivity contribution >= 4 is 22.8 Å². The molecule has 1 aromatic heterocycles. The third kappa shape index (κ3) is 5.45. The first-order chi connectivity index (χ1) is 15.3. The number of alkyl halides is 2. The molecule has 2 atom stereocenters. The Kier molecular flexibility index (Phi) is 7.14. The van der Waals surface area contributed by atoms with Gasteiger partial charge in [-0.1, -0.05) is 24.3 Å². The molecule has 5 N–H and O–H groups in total. The molecule has 0 radical (unpaired) electrons. The van der Waals surface area contributed by atoms with Crippen LogP contribution < -0.4 is 25.8 Å². The summed E-state index contributed by atoms with van der Waals surface area (Å²) in [5, 5.41) is 6.22. The molecule has 3 amide bonds. The van der Waals surface area contributed by atoms with Crippen LogP contribution in [0.25, 0.3) is 10.9 Å². The van der Waals surface area contributed by atoms with E-state index in [0.29, 0.717) is 5.56 Å². The number of carbonyl (C=O) groups excluding carboxylic acids is 2. The zero-order chi connectivity index (χ0) is 23.3. The molecule has 0 aliphatic carbocycles. The monoisotopic (exact) mass is 446 g/mol. The fourth-order valence-corrected chi connectivity index (χ4v) is 3.45. The second-order valence-corrected chi connectivity index (χ2v) is 7.14. The molecule has 0 fully saturated rings. The van der Waals surface area contributed by atoms with E-state index in [1.807, 2.05) is 24.3 Å². The summed E-state index contributed by atoms with van der Waals surface area (Å²) in [6, 6.07) is 9.72. The number of methoxy groups -OCH3 is 1. The van der Waals surface area contributed by atoms with E-state index in [-0.39, 0.29) is 17.9 Å². The Morgan fingerprint density at radius 3 is 2.56 bits per heavy atom. The molecule has 2 unspecified atom stereocenters. The lowest BCUT2D eigenvalue weighted by Gasteiger charge is -2.21. The number of halogens is 2. The summed E-state index contributed by atoms with van der Waals surface area (Å²) < 4.78 is 34.6. The van der Waals surface area contributed by atoms with E-state index in [4.69, 9.17) is 10.5 Å². The third-order valence-electron chi connectivity index (χ3n) is 4.99. The Bertz CT molecular complexity index is 1100. The number of nitrogens with one attached hydrogen (secondary N) is 3. The Balaban J connectivity index is 1.76. The van der Waals surface area contributed by atoms with Gasteiger partial charge in [0.25, 0.3) is 0 Å². The van der Waals surface area contributed by atoms with Gasteiger partial charge in [0.2, 0.25) is 5.91 Å². The van der Waals surface area contributed by atoms with Gasteiger partial charge in [-0.25, -0.2) is 4.79 Å². The molecule has 10 heteroatoms. The number of benzene rings is 2. The van der Waals surface area contributed by atoms with Crippen molar-refractivity contribution in [2.45, 2.75) is 32.0 Å². The number of hydrogen-bond acceptors (Lipinski definition) is 4. The van der Waals surface area contributed by atoms with Gasteiger partial charge < -0.3 is 30.8 Å². The highest BCUT2D eigenvalue weighted by Crippen LogP contribution is 2.31. The zero-order valence-electron chi connectivity index (χ0n) is 17.5. The van der Waals surface area contributed by atoms with Crippen LogP contribution in [0.4, 0.5) is 13.6 Å². The number of urea groups is 1. The third-order valence-corrected chi connectivity index (χ3v) is 4.99. The number of nitrogens with two attached hydrogens (primary N) is 1. The molecule has 3 rings (SSSR count). The van der Waals surface area contributed by atoms with E-state index in [1.165, 1.54) is 19.2 Å². The second kappa shape index (κ2) is 9.99. The van der Waals surface area contributed by atoms with Crippen LogP contribution in [0.1, 0.15) is 24.1 Å². The quantitative estimate of drug-likeness (QED) is 0.404. The molecule has 8 nitrogen and oxygen atoms in total. The van der Waals surface area contributed by atoms with Gasteiger partial charge in [0, 0.05) is 23.5 Å². The number of carbonyl (C=O) groups is 2. The van der Waals surface area contributed by atoms with Crippen molar-refractivity contribution < 1.29 is 27.8 Å². The molecule has 1 heterocycles. The molecule has 0 saturated carbocycles. The SMILES string of the molecule is COc1cc(C(C)NC(=O)C(Cc2c[nH]c3ccccc23)NC(N)=O)ccc1OC(F)F. The molecule has 0 bridgehead atoms. The van der Waals surface area contributed by atoms with Crippen molar-refractivity contribution in [3.63, 3.8) is 0 Å². The fraction of sp³-hybridized carbons (Fsp3) is 0.273. The molecule has 0 saturated heterocycles. The van der Waals surface area contributed by atoms with E-state index in [1.54, 1.807) is 19.2 Å². The first-order valence-electron chi connectivity index (χ1n) is 9.82. The van der Waals surface area contributed by atoms with Crippen LogP contribution in [0, 0.1) is 0 Å². The Labute approximate surface area is 183 Å². The lowest BCUT2D eigenvalue weighted by molar-refractivity contribution is -0.123.